The summed E-state index contributed by atoms with van der Waals surface area (Å²) in [7, 11) is 2.05. The highest BCUT2D eigenvalue weighted by Gasteiger charge is 2.23. The minimum atomic E-state index is -1.02. The number of rotatable bonds is 5. The third kappa shape index (κ3) is 3.30. The fourth-order valence-electron chi connectivity index (χ4n) is 2.30. The van der Waals surface area contributed by atoms with Crippen molar-refractivity contribution in [2.24, 2.45) is 0 Å². The second-order valence-electron chi connectivity index (χ2n) is 4.88. The molecule has 1 unspecified atom stereocenters. The van der Waals surface area contributed by atoms with E-state index in [1.54, 1.807) is 4.68 Å². The van der Waals surface area contributed by atoms with Gasteiger partial charge in [0.1, 0.15) is 0 Å². The van der Waals surface area contributed by atoms with Gasteiger partial charge in [0.2, 0.25) is 0 Å². The molecule has 1 saturated heterocycles. The van der Waals surface area contributed by atoms with Gasteiger partial charge in [0.05, 0.1) is 24.9 Å². The van der Waals surface area contributed by atoms with Gasteiger partial charge in [0.25, 0.3) is 0 Å². The highest BCUT2D eigenvalue weighted by Crippen LogP contribution is 2.12. The Bertz CT molecular complexity index is 446. The van der Waals surface area contributed by atoms with Crippen molar-refractivity contribution in [2.75, 3.05) is 26.7 Å². The van der Waals surface area contributed by atoms with Crippen LogP contribution in [-0.2, 0) is 17.7 Å². The molecule has 7 nitrogen and oxygen atoms in total. The monoisotopic (exact) mass is 268 g/mol. The second-order valence-corrected chi connectivity index (χ2v) is 4.88. The standard InChI is InChI=1S/C12H20N4O3/c1-3-4-10-11(12(17)18)13-14-16(10)8-9-7-15(2)5-6-19-9/h9H,3-8H2,1-2H3,(H,17,18). The molecule has 0 aliphatic carbocycles. The number of carbonyl (C=O) groups is 1. The van der Waals surface area contributed by atoms with Crippen LogP contribution < -0.4 is 0 Å². The summed E-state index contributed by atoms with van der Waals surface area (Å²) in [6, 6.07) is 0. The quantitative estimate of drug-likeness (QED) is 0.825. The van der Waals surface area contributed by atoms with Gasteiger partial charge in [0.15, 0.2) is 5.69 Å². The average Bonchev–Trinajstić information content (AvgIpc) is 2.73. The minimum absolute atomic E-state index is 0.0395. The zero-order valence-corrected chi connectivity index (χ0v) is 11.4. The summed E-state index contributed by atoms with van der Waals surface area (Å²) < 4.78 is 7.35. The molecule has 1 fully saturated rings. The molecule has 1 aromatic heterocycles. The predicted octanol–water partition coefficient (Wildman–Crippen LogP) is 0.259. The van der Waals surface area contributed by atoms with E-state index in [1.807, 2.05) is 14.0 Å². The van der Waals surface area contributed by atoms with E-state index >= 15 is 0 Å². The summed E-state index contributed by atoms with van der Waals surface area (Å²) in [5.74, 6) is -1.02. The first kappa shape index (κ1) is 14.0. The van der Waals surface area contributed by atoms with Crippen molar-refractivity contribution in [2.45, 2.75) is 32.4 Å². The van der Waals surface area contributed by atoms with Gasteiger partial charge in [-0.2, -0.15) is 0 Å². The summed E-state index contributed by atoms with van der Waals surface area (Å²) in [4.78, 5) is 13.3. The first-order valence-electron chi connectivity index (χ1n) is 6.57. The van der Waals surface area contributed by atoms with E-state index < -0.39 is 5.97 Å². The number of hydrogen-bond acceptors (Lipinski definition) is 5. The van der Waals surface area contributed by atoms with Crippen LogP contribution in [0.4, 0.5) is 0 Å². The smallest absolute Gasteiger partial charge is 0.358 e. The van der Waals surface area contributed by atoms with E-state index in [-0.39, 0.29) is 11.8 Å². The van der Waals surface area contributed by atoms with E-state index in [4.69, 9.17) is 9.84 Å². The molecular formula is C12H20N4O3. The van der Waals surface area contributed by atoms with Gasteiger partial charge in [-0.15, -0.1) is 5.10 Å². The Kier molecular flexibility index (Phi) is 4.49. The molecule has 0 bridgehead atoms. The maximum Gasteiger partial charge on any atom is 0.358 e. The van der Waals surface area contributed by atoms with Crippen LogP contribution in [0.1, 0.15) is 29.5 Å². The van der Waals surface area contributed by atoms with Crippen molar-refractivity contribution in [3.8, 4) is 0 Å². The summed E-state index contributed by atoms with van der Waals surface area (Å²) in [5.41, 5.74) is 0.748. The van der Waals surface area contributed by atoms with Crippen LogP contribution in [0.25, 0.3) is 0 Å². The van der Waals surface area contributed by atoms with Gasteiger partial charge in [-0.25, -0.2) is 9.48 Å². The SMILES string of the molecule is CCCc1c(C(=O)O)nnn1CC1CN(C)CCO1. The zero-order valence-electron chi connectivity index (χ0n) is 11.4. The lowest BCUT2D eigenvalue weighted by molar-refractivity contribution is -0.0296. The lowest BCUT2D eigenvalue weighted by atomic mass is 10.2. The Balaban J connectivity index is 2.12. The Labute approximate surface area is 112 Å². The van der Waals surface area contributed by atoms with Gasteiger partial charge in [0, 0.05) is 13.1 Å². The number of aromatic carboxylic acids is 1. The number of carboxylic acids is 1. The van der Waals surface area contributed by atoms with E-state index in [1.165, 1.54) is 0 Å². The number of likely N-dealkylation sites (N-methyl/N-ethyl adjacent to an activating group) is 1. The first-order chi connectivity index (χ1) is 9.11. The third-order valence-electron chi connectivity index (χ3n) is 3.25. The molecule has 0 amide bonds. The molecule has 7 heteroatoms. The molecule has 0 aromatic carbocycles. The van der Waals surface area contributed by atoms with E-state index in [0.717, 1.165) is 19.5 Å². The molecular weight excluding hydrogens is 248 g/mol. The summed E-state index contributed by atoms with van der Waals surface area (Å²) in [6.07, 6.45) is 1.56. The summed E-state index contributed by atoms with van der Waals surface area (Å²) in [6.45, 7) is 5.02. The number of ether oxygens (including phenoxy) is 1. The molecule has 0 spiro atoms. The van der Waals surface area contributed by atoms with Crippen LogP contribution in [0, 0.1) is 0 Å². The van der Waals surface area contributed by atoms with Crippen molar-refractivity contribution in [3.05, 3.63) is 11.4 Å². The van der Waals surface area contributed by atoms with Gasteiger partial charge in [-0.3, -0.25) is 0 Å². The van der Waals surface area contributed by atoms with Gasteiger partial charge < -0.3 is 14.7 Å². The van der Waals surface area contributed by atoms with Crippen molar-refractivity contribution >= 4 is 5.97 Å². The zero-order chi connectivity index (χ0) is 13.8. The first-order valence-corrected chi connectivity index (χ1v) is 6.57. The molecule has 2 heterocycles. The Morgan fingerprint density at radius 3 is 3.00 bits per heavy atom. The van der Waals surface area contributed by atoms with Crippen molar-refractivity contribution in [1.82, 2.24) is 19.9 Å². The number of morpholine rings is 1. The predicted molar refractivity (Wildman–Crippen MR) is 68.2 cm³/mol. The summed E-state index contributed by atoms with van der Waals surface area (Å²) >= 11 is 0. The molecule has 106 valence electrons. The van der Waals surface area contributed by atoms with E-state index in [2.05, 4.69) is 15.2 Å². The van der Waals surface area contributed by atoms with Gasteiger partial charge in [-0.1, -0.05) is 18.6 Å². The van der Waals surface area contributed by atoms with Gasteiger partial charge >= 0.3 is 5.97 Å². The maximum atomic E-state index is 11.1. The highest BCUT2D eigenvalue weighted by atomic mass is 16.5. The van der Waals surface area contributed by atoms with Crippen LogP contribution in [-0.4, -0.2) is 63.8 Å². The normalized spacial score (nSPS) is 20.6. The molecule has 1 aromatic rings. The minimum Gasteiger partial charge on any atom is -0.476 e. The van der Waals surface area contributed by atoms with E-state index in [9.17, 15) is 4.79 Å². The number of aromatic nitrogens is 3. The molecule has 1 aliphatic heterocycles. The summed E-state index contributed by atoms with van der Waals surface area (Å²) in [5, 5.41) is 16.8. The third-order valence-corrected chi connectivity index (χ3v) is 3.25. The second kappa shape index (κ2) is 6.12. The fourth-order valence-corrected chi connectivity index (χ4v) is 2.30. The lowest BCUT2D eigenvalue weighted by Crippen LogP contribution is -2.42. The molecule has 19 heavy (non-hydrogen) atoms. The van der Waals surface area contributed by atoms with Crippen LogP contribution in [0.2, 0.25) is 0 Å². The number of carboxylic acid groups (broad SMARTS) is 1. The molecule has 1 atom stereocenters. The molecule has 0 radical (unpaired) electrons. The fraction of sp³-hybridized carbons (Fsp3) is 0.750. The Morgan fingerprint density at radius 1 is 1.58 bits per heavy atom. The van der Waals surface area contributed by atoms with Crippen molar-refractivity contribution in [3.63, 3.8) is 0 Å². The van der Waals surface area contributed by atoms with Crippen LogP contribution >= 0.6 is 0 Å². The van der Waals surface area contributed by atoms with Crippen LogP contribution in [0.5, 0.6) is 0 Å². The van der Waals surface area contributed by atoms with Gasteiger partial charge in [-0.05, 0) is 13.5 Å². The van der Waals surface area contributed by atoms with E-state index in [0.29, 0.717) is 25.3 Å². The maximum absolute atomic E-state index is 11.1. The van der Waals surface area contributed by atoms with Crippen LogP contribution in [0.15, 0.2) is 0 Å². The van der Waals surface area contributed by atoms with Crippen molar-refractivity contribution in [1.29, 1.82) is 0 Å². The molecule has 2 rings (SSSR count). The topological polar surface area (TPSA) is 80.5 Å². The Hall–Kier alpha value is -1.47. The molecule has 0 saturated carbocycles. The molecule has 1 N–H and O–H groups in total. The van der Waals surface area contributed by atoms with Crippen LogP contribution in [0.3, 0.4) is 0 Å². The lowest BCUT2D eigenvalue weighted by Gasteiger charge is -2.30. The number of nitrogens with zero attached hydrogens (tertiary/aromatic N) is 4. The molecule has 1 aliphatic rings. The average molecular weight is 268 g/mol. The number of hydrogen-bond donors (Lipinski definition) is 1. The largest absolute Gasteiger partial charge is 0.476 e. The Morgan fingerprint density at radius 2 is 2.37 bits per heavy atom. The highest BCUT2D eigenvalue weighted by molar-refractivity contribution is 5.86. The van der Waals surface area contributed by atoms with Crippen molar-refractivity contribution < 1.29 is 14.6 Å².